The molecule has 4 rings (SSSR count). The van der Waals surface area contributed by atoms with Crippen LogP contribution >= 0.6 is 12.2 Å². The van der Waals surface area contributed by atoms with Crippen molar-refractivity contribution in [3.63, 3.8) is 0 Å². The quantitative estimate of drug-likeness (QED) is 0.243. The predicted molar refractivity (Wildman–Crippen MR) is 125 cm³/mol. The molecule has 0 radical (unpaired) electrons. The number of benzene rings is 3. The Kier molecular flexibility index (Phi) is 6.29. The van der Waals surface area contributed by atoms with Crippen LogP contribution in [-0.2, 0) is 0 Å². The number of ether oxygens (including phenoxy) is 2. The Morgan fingerprint density at radius 2 is 1.50 bits per heavy atom. The topological polar surface area (TPSA) is 106 Å². The molecule has 2 amide bonds. The number of hydrogen-bond donors (Lipinski definition) is 3. The van der Waals surface area contributed by atoms with Gasteiger partial charge in [0.1, 0.15) is 13.2 Å². The minimum absolute atomic E-state index is 0.00331. The third-order valence-corrected chi connectivity index (χ3v) is 4.93. The van der Waals surface area contributed by atoms with Crippen molar-refractivity contribution < 1.29 is 19.1 Å². The average molecular weight is 449 g/mol. The Bertz CT molecular complexity index is 1170. The summed E-state index contributed by atoms with van der Waals surface area (Å²) in [5.41, 5.74) is 1.98. The normalized spacial score (nSPS) is 11.9. The van der Waals surface area contributed by atoms with E-state index in [4.69, 9.17) is 27.5 Å². The van der Waals surface area contributed by atoms with Crippen LogP contribution in [0.1, 0.15) is 20.7 Å². The third-order valence-electron chi connectivity index (χ3n) is 4.63. The zero-order valence-corrected chi connectivity index (χ0v) is 17.7. The fourth-order valence-electron chi connectivity index (χ4n) is 3.06. The monoisotopic (exact) mass is 448 g/mol. The van der Waals surface area contributed by atoms with Gasteiger partial charge >= 0.3 is 0 Å². The lowest BCUT2D eigenvalue weighted by molar-refractivity contribution is 0.0848. The number of rotatable bonds is 4. The van der Waals surface area contributed by atoms with Crippen molar-refractivity contribution >= 4 is 40.5 Å². The van der Waals surface area contributed by atoms with Crippen LogP contribution in [0, 0.1) is 0 Å². The molecule has 0 atom stereocenters. The molecular formula is C23H20N4O4S. The maximum atomic E-state index is 12.8. The van der Waals surface area contributed by atoms with E-state index < -0.39 is 5.91 Å². The predicted octanol–water partition coefficient (Wildman–Crippen LogP) is 3.42. The second-order valence-electron chi connectivity index (χ2n) is 6.86. The fourth-order valence-corrected chi connectivity index (χ4v) is 3.26. The van der Waals surface area contributed by atoms with Crippen molar-refractivity contribution in [2.45, 2.75) is 0 Å². The van der Waals surface area contributed by atoms with Gasteiger partial charge in [-0.15, -0.1) is 0 Å². The minimum atomic E-state index is -0.506. The van der Waals surface area contributed by atoms with Gasteiger partial charge in [0.05, 0.1) is 0 Å². The molecule has 0 saturated carbocycles. The van der Waals surface area contributed by atoms with Gasteiger partial charge in [-0.3, -0.25) is 9.59 Å². The van der Waals surface area contributed by atoms with E-state index in [-0.39, 0.29) is 11.0 Å². The van der Waals surface area contributed by atoms with Crippen LogP contribution in [0.25, 0.3) is 0 Å². The van der Waals surface area contributed by atoms with Gasteiger partial charge in [0.2, 0.25) is 0 Å². The summed E-state index contributed by atoms with van der Waals surface area (Å²) in [6.45, 7) is 0.871. The molecule has 0 spiro atoms. The average Bonchev–Trinajstić information content (AvgIpc) is 2.83. The number of carbonyl (C=O) groups excluding carboxylic acids is 2. The molecule has 1 heterocycles. The lowest BCUT2D eigenvalue weighted by Crippen LogP contribution is -2.45. The molecule has 0 aromatic heterocycles. The smallest absolute Gasteiger partial charge is 0.274 e. The summed E-state index contributed by atoms with van der Waals surface area (Å²) in [4.78, 5) is 25.1. The van der Waals surface area contributed by atoms with Gasteiger partial charge in [-0.05, 0) is 60.7 Å². The van der Waals surface area contributed by atoms with Crippen molar-refractivity contribution in [2.24, 2.45) is 5.84 Å². The number of anilines is 2. The van der Waals surface area contributed by atoms with E-state index in [0.29, 0.717) is 47.2 Å². The van der Waals surface area contributed by atoms with E-state index in [2.05, 4.69) is 10.6 Å². The van der Waals surface area contributed by atoms with Gasteiger partial charge in [-0.25, -0.2) is 10.9 Å². The van der Waals surface area contributed by atoms with Crippen LogP contribution in [0.5, 0.6) is 11.5 Å². The van der Waals surface area contributed by atoms with Crippen molar-refractivity contribution in [2.75, 3.05) is 23.8 Å². The van der Waals surface area contributed by atoms with Gasteiger partial charge < -0.3 is 20.1 Å². The lowest BCUT2D eigenvalue weighted by atomic mass is 10.2. The molecule has 32 heavy (non-hydrogen) atoms. The third kappa shape index (κ3) is 4.85. The molecule has 3 aromatic rings. The van der Waals surface area contributed by atoms with Crippen LogP contribution in [0.15, 0.2) is 72.8 Å². The maximum Gasteiger partial charge on any atom is 0.274 e. The summed E-state index contributed by atoms with van der Waals surface area (Å²) < 4.78 is 11.0. The number of nitrogens with two attached hydrogens (primary N) is 1. The molecule has 4 N–H and O–H groups in total. The van der Waals surface area contributed by atoms with Gasteiger partial charge in [-0.2, -0.15) is 0 Å². The van der Waals surface area contributed by atoms with Gasteiger partial charge in [0.15, 0.2) is 16.6 Å². The fraction of sp³-hybridized carbons (Fsp3) is 0.0870. The van der Waals surface area contributed by atoms with Gasteiger partial charge in [0.25, 0.3) is 11.8 Å². The first-order valence-electron chi connectivity index (χ1n) is 9.77. The number of carbonyl (C=O) groups is 2. The summed E-state index contributed by atoms with van der Waals surface area (Å²) in [6, 6.07) is 20.6. The molecule has 1 aliphatic heterocycles. The van der Waals surface area contributed by atoms with Crippen LogP contribution in [0.3, 0.4) is 0 Å². The minimum Gasteiger partial charge on any atom is -0.486 e. The van der Waals surface area contributed by atoms with Crippen molar-refractivity contribution in [1.29, 1.82) is 0 Å². The summed E-state index contributed by atoms with van der Waals surface area (Å²) >= 11 is 5.29. The molecule has 8 nitrogen and oxygen atoms in total. The molecule has 0 aliphatic carbocycles. The second kappa shape index (κ2) is 9.46. The second-order valence-corrected chi connectivity index (χ2v) is 7.25. The Balaban J connectivity index is 1.41. The highest BCUT2D eigenvalue weighted by Gasteiger charge is 2.20. The maximum absolute atomic E-state index is 12.8. The number of hydrazine groups is 1. The van der Waals surface area contributed by atoms with E-state index in [1.165, 1.54) is 0 Å². The Morgan fingerprint density at radius 3 is 2.25 bits per heavy atom. The number of nitrogens with one attached hydrogen (secondary N) is 2. The first kappa shape index (κ1) is 21.3. The zero-order chi connectivity index (χ0) is 22.5. The van der Waals surface area contributed by atoms with Crippen LogP contribution in [0.4, 0.5) is 11.4 Å². The molecule has 0 unspecified atom stereocenters. The summed E-state index contributed by atoms with van der Waals surface area (Å²) in [7, 11) is 0. The van der Waals surface area contributed by atoms with Gasteiger partial charge in [-0.1, -0.05) is 24.3 Å². The summed E-state index contributed by atoms with van der Waals surface area (Å²) in [5.74, 6) is 6.26. The number of nitrogens with zero attached hydrogens (tertiary/aromatic N) is 1. The Hall–Kier alpha value is -3.95. The molecule has 1 aliphatic rings. The standard InChI is InChI=1S/C23H20N4O4S/c24-27(22(29)16-9-10-19-20(13-16)31-12-11-30-19)23(32)26-18-8-4-7-17(14-18)25-21(28)15-5-2-1-3-6-15/h1-10,13-14H,11-12,24H2,(H,25,28)(H,26,32). The molecule has 9 heteroatoms. The van der Waals surface area contributed by atoms with Crippen molar-refractivity contribution in [3.8, 4) is 11.5 Å². The SMILES string of the molecule is NN(C(=O)c1ccc2c(c1)OCCO2)C(=S)Nc1cccc(NC(=O)c2ccccc2)c1. The molecule has 3 aromatic carbocycles. The van der Waals surface area contributed by atoms with Crippen molar-refractivity contribution in [1.82, 2.24) is 5.01 Å². The van der Waals surface area contributed by atoms with E-state index in [9.17, 15) is 9.59 Å². The first-order valence-corrected chi connectivity index (χ1v) is 10.2. The number of fused-ring (bicyclic) bond motifs is 1. The number of hydrogen-bond acceptors (Lipinski definition) is 6. The Labute approximate surface area is 189 Å². The molecule has 0 fully saturated rings. The van der Waals surface area contributed by atoms with E-state index in [1.54, 1.807) is 66.7 Å². The summed E-state index contributed by atoms with van der Waals surface area (Å²) in [6.07, 6.45) is 0. The number of amides is 2. The largest absolute Gasteiger partial charge is 0.486 e. The molecule has 162 valence electrons. The van der Waals surface area contributed by atoms with E-state index in [1.807, 2.05) is 6.07 Å². The van der Waals surface area contributed by atoms with Gasteiger partial charge in [0, 0.05) is 22.5 Å². The summed E-state index contributed by atoms with van der Waals surface area (Å²) in [5, 5.41) is 6.57. The number of thiocarbonyl (C=S) groups is 1. The van der Waals surface area contributed by atoms with E-state index >= 15 is 0 Å². The highest BCUT2D eigenvalue weighted by molar-refractivity contribution is 7.80. The molecule has 0 saturated heterocycles. The van der Waals surface area contributed by atoms with E-state index in [0.717, 1.165) is 5.01 Å². The molecular weight excluding hydrogens is 428 g/mol. The van der Waals surface area contributed by atoms with Crippen LogP contribution in [-0.4, -0.2) is 35.1 Å². The van der Waals surface area contributed by atoms with Crippen LogP contribution < -0.4 is 25.9 Å². The van der Waals surface area contributed by atoms with Crippen LogP contribution in [0.2, 0.25) is 0 Å². The van der Waals surface area contributed by atoms with Crippen molar-refractivity contribution in [3.05, 3.63) is 83.9 Å². The highest BCUT2D eigenvalue weighted by atomic mass is 32.1. The Morgan fingerprint density at radius 1 is 0.812 bits per heavy atom. The first-order chi connectivity index (χ1) is 15.5. The molecule has 0 bridgehead atoms. The highest BCUT2D eigenvalue weighted by Crippen LogP contribution is 2.31. The lowest BCUT2D eigenvalue weighted by Gasteiger charge is -2.21. The zero-order valence-electron chi connectivity index (χ0n) is 16.9.